The molecule has 0 heterocycles. The highest BCUT2D eigenvalue weighted by atomic mass is 16.5. The SMILES string of the molecule is COC(=O)c1ccccc1C=CC(=O)O. The van der Waals surface area contributed by atoms with Crippen molar-refractivity contribution in [2.45, 2.75) is 0 Å². The van der Waals surface area contributed by atoms with Gasteiger partial charge < -0.3 is 9.84 Å². The first kappa shape index (κ1) is 11.0. The number of ether oxygens (including phenoxy) is 1. The van der Waals surface area contributed by atoms with Crippen LogP contribution in [0.5, 0.6) is 0 Å². The van der Waals surface area contributed by atoms with E-state index in [0.717, 1.165) is 6.08 Å². The molecule has 0 aromatic heterocycles. The first-order valence-electron chi connectivity index (χ1n) is 4.23. The fourth-order valence-electron chi connectivity index (χ4n) is 1.10. The van der Waals surface area contributed by atoms with Gasteiger partial charge >= 0.3 is 11.9 Å². The number of rotatable bonds is 3. The summed E-state index contributed by atoms with van der Waals surface area (Å²) in [6, 6.07) is 6.62. The Bertz CT molecular complexity index is 407. The number of carboxylic acids is 1. The third-order valence-corrected chi connectivity index (χ3v) is 1.77. The highest BCUT2D eigenvalue weighted by Gasteiger charge is 2.08. The van der Waals surface area contributed by atoms with Gasteiger partial charge in [0.05, 0.1) is 12.7 Å². The Morgan fingerprint density at radius 1 is 1.33 bits per heavy atom. The minimum absolute atomic E-state index is 0.345. The van der Waals surface area contributed by atoms with Crippen LogP contribution in [-0.4, -0.2) is 24.2 Å². The standard InChI is InChI=1S/C11H10O4/c1-15-11(14)9-5-3-2-4-8(9)6-7-10(12)13/h2-7H,1H3,(H,12,13). The molecule has 78 valence electrons. The van der Waals surface area contributed by atoms with Gasteiger partial charge in [-0.05, 0) is 17.7 Å². The third-order valence-electron chi connectivity index (χ3n) is 1.77. The van der Waals surface area contributed by atoms with Crippen LogP contribution < -0.4 is 0 Å². The Hall–Kier alpha value is -2.10. The minimum atomic E-state index is -1.06. The average Bonchev–Trinajstić information content (AvgIpc) is 2.25. The summed E-state index contributed by atoms with van der Waals surface area (Å²) in [5.41, 5.74) is 0.865. The molecular formula is C11H10O4. The van der Waals surface area contributed by atoms with Crippen LogP contribution in [0.15, 0.2) is 30.3 Å². The summed E-state index contributed by atoms with van der Waals surface area (Å²) in [5.74, 6) is -1.55. The molecule has 0 amide bonds. The molecule has 1 aromatic rings. The normalized spacial score (nSPS) is 10.2. The zero-order valence-corrected chi connectivity index (χ0v) is 8.14. The number of methoxy groups -OCH3 is 1. The van der Waals surface area contributed by atoms with Crippen LogP contribution >= 0.6 is 0 Å². The molecule has 1 aromatic carbocycles. The third kappa shape index (κ3) is 2.95. The monoisotopic (exact) mass is 206 g/mol. The van der Waals surface area contributed by atoms with Crippen LogP contribution in [0.1, 0.15) is 15.9 Å². The first-order chi connectivity index (χ1) is 7.15. The van der Waals surface area contributed by atoms with E-state index in [1.807, 2.05) is 0 Å². The summed E-state index contributed by atoms with van der Waals surface area (Å²) in [6.45, 7) is 0. The number of carbonyl (C=O) groups excluding carboxylic acids is 1. The predicted molar refractivity (Wildman–Crippen MR) is 54.5 cm³/mol. The lowest BCUT2D eigenvalue weighted by Gasteiger charge is -2.02. The summed E-state index contributed by atoms with van der Waals surface area (Å²) in [4.78, 5) is 21.6. The smallest absolute Gasteiger partial charge is 0.338 e. The molecule has 0 aliphatic heterocycles. The topological polar surface area (TPSA) is 63.6 Å². The number of benzene rings is 1. The van der Waals surface area contributed by atoms with Gasteiger partial charge in [0.15, 0.2) is 0 Å². The van der Waals surface area contributed by atoms with Gasteiger partial charge in [0, 0.05) is 6.08 Å². The molecule has 0 fully saturated rings. The van der Waals surface area contributed by atoms with Crippen LogP contribution in [0.2, 0.25) is 0 Å². The van der Waals surface area contributed by atoms with E-state index >= 15 is 0 Å². The molecule has 0 bridgehead atoms. The fraction of sp³-hybridized carbons (Fsp3) is 0.0909. The van der Waals surface area contributed by atoms with Gasteiger partial charge in [-0.1, -0.05) is 18.2 Å². The van der Waals surface area contributed by atoms with Crippen molar-refractivity contribution in [2.24, 2.45) is 0 Å². The maximum absolute atomic E-state index is 11.3. The first-order valence-corrected chi connectivity index (χ1v) is 4.23. The predicted octanol–water partition coefficient (Wildman–Crippen LogP) is 1.57. The second-order valence-electron chi connectivity index (χ2n) is 2.75. The van der Waals surface area contributed by atoms with Crippen LogP contribution in [0.4, 0.5) is 0 Å². The van der Waals surface area contributed by atoms with Crippen LogP contribution in [0, 0.1) is 0 Å². The van der Waals surface area contributed by atoms with E-state index < -0.39 is 11.9 Å². The highest BCUT2D eigenvalue weighted by molar-refractivity contribution is 5.95. The van der Waals surface area contributed by atoms with E-state index in [0.29, 0.717) is 11.1 Å². The summed E-state index contributed by atoms with van der Waals surface area (Å²) in [5, 5.41) is 8.46. The average molecular weight is 206 g/mol. The molecule has 0 radical (unpaired) electrons. The summed E-state index contributed by atoms with van der Waals surface area (Å²) < 4.78 is 4.56. The Balaban J connectivity index is 3.06. The maximum Gasteiger partial charge on any atom is 0.338 e. The summed E-state index contributed by atoms with van der Waals surface area (Å²) in [6.07, 6.45) is 2.33. The summed E-state index contributed by atoms with van der Waals surface area (Å²) in [7, 11) is 1.28. The number of esters is 1. The largest absolute Gasteiger partial charge is 0.478 e. The van der Waals surface area contributed by atoms with Gasteiger partial charge in [-0.15, -0.1) is 0 Å². The van der Waals surface area contributed by atoms with E-state index in [2.05, 4.69) is 4.74 Å². The van der Waals surface area contributed by atoms with Gasteiger partial charge in [-0.2, -0.15) is 0 Å². The van der Waals surface area contributed by atoms with Crippen LogP contribution in [0.25, 0.3) is 6.08 Å². The second-order valence-corrected chi connectivity index (χ2v) is 2.75. The van der Waals surface area contributed by atoms with Crippen molar-refractivity contribution in [2.75, 3.05) is 7.11 Å². The van der Waals surface area contributed by atoms with Gasteiger partial charge in [0.2, 0.25) is 0 Å². The zero-order chi connectivity index (χ0) is 11.3. The number of hydrogen-bond acceptors (Lipinski definition) is 3. The van der Waals surface area contributed by atoms with E-state index in [9.17, 15) is 9.59 Å². The van der Waals surface area contributed by atoms with Crippen LogP contribution in [-0.2, 0) is 9.53 Å². The Labute approximate surface area is 86.8 Å². The number of carboxylic acid groups (broad SMARTS) is 1. The molecular weight excluding hydrogens is 196 g/mol. The maximum atomic E-state index is 11.3. The lowest BCUT2D eigenvalue weighted by molar-refractivity contribution is -0.131. The second kappa shape index (κ2) is 4.95. The molecule has 4 heteroatoms. The van der Waals surface area contributed by atoms with Gasteiger partial charge in [0.1, 0.15) is 0 Å². The van der Waals surface area contributed by atoms with Crippen molar-refractivity contribution in [1.82, 2.24) is 0 Å². The Morgan fingerprint density at radius 3 is 2.60 bits per heavy atom. The Morgan fingerprint density at radius 2 is 2.00 bits per heavy atom. The van der Waals surface area contributed by atoms with E-state index in [4.69, 9.17) is 5.11 Å². The highest BCUT2D eigenvalue weighted by Crippen LogP contribution is 2.11. The van der Waals surface area contributed by atoms with Crippen molar-refractivity contribution in [3.63, 3.8) is 0 Å². The lowest BCUT2D eigenvalue weighted by atomic mass is 10.1. The van der Waals surface area contributed by atoms with Crippen molar-refractivity contribution in [3.05, 3.63) is 41.5 Å². The molecule has 0 aliphatic rings. The van der Waals surface area contributed by atoms with Crippen molar-refractivity contribution >= 4 is 18.0 Å². The van der Waals surface area contributed by atoms with Crippen molar-refractivity contribution in [3.8, 4) is 0 Å². The molecule has 0 spiro atoms. The number of hydrogen-bond donors (Lipinski definition) is 1. The molecule has 15 heavy (non-hydrogen) atoms. The molecule has 4 nitrogen and oxygen atoms in total. The van der Waals surface area contributed by atoms with E-state index in [1.165, 1.54) is 13.2 Å². The summed E-state index contributed by atoms with van der Waals surface area (Å²) >= 11 is 0. The Kier molecular flexibility index (Phi) is 3.62. The van der Waals surface area contributed by atoms with Gasteiger partial charge in [-0.25, -0.2) is 9.59 Å². The number of aliphatic carboxylic acids is 1. The molecule has 1 N–H and O–H groups in total. The van der Waals surface area contributed by atoms with Crippen molar-refractivity contribution in [1.29, 1.82) is 0 Å². The van der Waals surface area contributed by atoms with E-state index in [-0.39, 0.29) is 0 Å². The van der Waals surface area contributed by atoms with Crippen molar-refractivity contribution < 1.29 is 19.4 Å². The molecule has 0 unspecified atom stereocenters. The minimum Gasteiger partial charge on any atom is -0.478 e. The molecule has 0 saturated heterocycles. The molecule has 0 atom stereocenters. The zero-order valence-electron chi connectivity index (χ0n) is 8.14. The lowest BCUT2D eigenvalue weighted by Crippen LogP contribution is -2.03. The van der Waals surface area contributed by atoms with Crippen LogP contribution in [0.3, 0.4) is 0 Å². The molecule has 0 saturated carbocycles. The van der Waals surface area contributed by atoms with Gasteiger partial charge in [0.25, 0.3) is 0 Å². The molecule has 1 rings (SSSR count). The van der Waals surface area contributed by atoms with E-state index in [1.54, 1.807) is 24.3 Å². The van der Waals surface area contributed by atoms with Gasteiger partial charge in [-0.3, -0.25) is 0 Å². The number of carbonyl (C=O) groups is 2. The molecule has 0 aliphatic carbocycles. The quantitative estimate of drug-likeness (QED) is 0.602. The fourth-order valence-corrected chi connectivity index (χ4v) is 1.10.